The molecule has 0 radical (unpaired) electrons. The first kappa shape index (κ1) is 20.3. The molecule has 0 aliphatic rings. The van der Waals surface area contributed by atoms with Gasteiger partial charge in [-0.2, -0.15) is 0 Å². The number of methoxy groups -OCH3 is 2. The van der Waals surface area contributed by atoms with E-state index >= 15 is 0 Å². The summed E-state index contributed by atoms with van der Waals surface area (Å²) in [5.41, 5.74) is 0.305. The Hall–Kier alpha value is -2.77. The Morgan fingerprint density at radius 2 is 1.80 bits per heavy atom. The van der Waals surface area contributed by atoms with Crippen LogP contribution in [0.15, 0.2) is 18.2 Å². The highest BCUT2D eigenvalue weighted by atomic mass is 16.5. The maximum atomic E-state index is 12.2. The van der Waals surface area contributed by atoms with E-state index in [9.17, 15) is 14.4 Å². The molecule has 0 heterocycles. The van der Waals surface area contributed by atoms with Gasteiger partial charge in [-0.3, -0.25) is 14.4 Å². The van der Waals surface area contributed by atoms with Crippen LogP contribution in [-0.2, 0) is 9.59 Å². The first-order valence-corrected chi connectivity index (χ1v) is 7.78. The summed E-state index contributed by atoms with van der Waals surface area (Å²) in [5.74, 6) is -1.02. The third-order valence-electron chi connectivity index (χ3n) is 3.31. The summed E-state index contributed by atoms with van der Waals surface area (Å²) in [7, 11) is 2.95. The number of nitrogens with zero attached hydrogens (tertiary/aromatic N) is 1. The third-order valence-corrected chi connectivity index (χ3v) is 3.31. The van der Waals surface area contributed by atoms with Crippen LogP contribution in [0.25, 0.3) is 0 Å². The van der Waals surface area contributed by atoms with Gasteiger partial charge in [-0.1, -0.05) is 13.8 Å². The second-order valence-corrected chi connectivity index (χ2v) is 5.81. The van der Waals surface area contributed by atoms with E-state index in [1.165, 1.54) is 25.2 Å². The van der Waals surface area contributed by atoms with Gasteiger partial charge >= 0.3 is 5.97 Å². The number of amides is 2. The first-order valence-electron chi connectivity index (χ1n) is 7.78. The fourth-order valence-corrected chi connectivity index (χ4v) is 2.21. The summed E-state index contributed by atoms with van der Waals surface area (Å²) in [4.78, 5) is 36.5. The molecule has 8 nitrogen and oxygen atoms in total. The highest BCUT2D eigenvalue weighted by Crippen LogP contribution is 2.27. The van der Waals surface area contributed by atoms with Gasteiger partial charge in [0, 0.05) is 12.1 Å². The molecule has 0 unspecified atom stereocenters. The smallest absolute Gasteiger partial charge is 0.323 e. The largest absolute Gasteiger partial charge is 0.493 e. The number of hydrogen-bond donors (Lipinski definition) is 2. The van der Waals surface area contributed by atoms with Gasteiger partial charge in [-0.15, -0.1) is 0 Å². The lowest BCUT2D eigenvalue weighted by molar-refractivity contribution is -0.144. The Bertz CT molecular complexity index is 630. The molecule has 0 aromatic heterocycles. The zero-order valence-electron chi connectivity index (χ0n) is 14.9. The molecule has 0 saturated carbocycles. The monoisotopic (exact) mass is 352 g/mol. The van der Waals surface area contributed by atoms with E-state index < -0.39 is 24.3 Å². The van der Waals surface area contributed by atoms with Crippen molar-refractivity contribution in [2.75, 3.05) is 33.9 Å². The molecule has 1 aromatic carbocycles. The zero-order valence-corrected chi connectivity index (χ0v) is 14.9. The maximum Gasteiger partial charge on any atom is 0.323 e. The van der Waals surface area contributed by atoms with Gasteiger partial charge in [0.2, 0.25) is 5.91 Å². The Kier molecular flexibility index (Phi) is 7.71. The number of carboxylic acid groups (broad SMARTS) is 1. The van der Waals surface area contributed by atoms with Gasteiger partial charge in [-0.05, 0) is 24.1 Å². The van der Waals surface area contributed by atoms with E-state index in [1.54, 1.807) is 12.1 Å². The summed E-state index contributed by atoms with van der Waals surface area (Å²) in [6.07, 6.45) is 0. The first-order chi connectivity index (χ1) is 11.8. The molecule has 25 heavy (non-hydrogen) atoms. The minimum Gasteiger partial charge on any atom is -0.493 e. The number of ether oxygens (including phenoxy) is 2. The minimum atomic E-state index is -1.10. The van der Waals surface area contributed by atoms with Crippen LogP contribution in [0.2, 0.25) is 0 Å². The standard InChI is InChI=1S/C17H24N2O6/c1-11(2)9-19(10-16(21)22)15(20)8-18-17(23)12-5-6-13(24-3)14(7-12)25-4/h5-7,11H,8-10H2,1-4H3,(H,18,23)(H,21,22). The van der Waals surface area contributed by atoms with Crippen LogP contribution in [0.3, 0.4) is 0 Å². The average molecular weight is 352 g/mol. The van der Waals surface area contributed by atoms with E-state index in [0.717, 1.165) is 0 Å². The number of carboxylic acids is 1. The van der Waals surface area contributed by atoms with Crippen LogP contribution in [-0.4, -0.2) is 61.6 Å². The molecule has 1 aromatic rings. The fourth-order valence-electron chi connectivity index (χ4n) is 2.21. The summed E-state index contributed by atoms with van der Waals surface area (Å²) >= 11 is 0. The number of benzene rings is 1. The van der Waals surface area contributed by atoms with E-state index in [0.29, 0.717) is 23.6 Å². The number of nitrogens with one attached hydrogen (secondary N) is 1. The predicted octanol–water partition coefficient (Wildman–Crippen LogP) is 1.00. The van der Waals surface area contributed by atoms with Crippen LogP contribution in [0.4, 0.5) is 0 Å². The van der Waals surface area contributed by atoms with Gasteiger partial charge in [-0.25, -0.2) is 0 Å². The van der Waals surface area contributed by atoms with Crippen molar-refractivity contribution < 1.29 is 29.0 Å². The van der Waals surface area contributed by atoms with Crippen molar-refractivity contribution in [2.45, 2.75) is 13.8 Å². The number of carbonyl (C=O) groups is 3. The Labute approximate surface area is 146 Å². The van der Waals surface area contributed by atoms with Gasteiger partial charge in [0.15, 0.2) is 11.5 Å². The summed E-state index contributed by atoms with van der Waals surface area (Å²) in [6, 6.07) is 4.64. The molecule has 1 rings (SSSR count). The maximum absolute atomic E-state index is 12.2. The van der Waals surface area contributed by atoms with E-state index in [1.807, 2.05) is 13.8 Å². The fraction of sp³-hybridized carbons (Fsp3) is 0.471. The van der Waals surface area contributed by atoms with E-state index in [2.05, 4.69) is 5.32 Å². The van der Waals surface area contributed by atoms with Crippen molar-refractivity contribution in [3.8, 4) is 11.5 Å². The summed E-state index contributed by atoms with van der Waals surface area (Å²) in [5, 5.41) is 11.4. The van der Waals surface area contributed by atoms with Crippen LogP contribution in [0, 0.1) is 5.92 Å². The zero-order chi connectivity index (χ0) is 19.0. The molecule has 2 amide bonds. The normalized spacial score (nSPS) is 10.3. The number of aliphatic carboxylic acids is 1. The van der Waals surface area contributed by atoms with Gasteiger partial charge in [0.1, 0.15) is 6.54 Å². The molecule has 0 fully saturated rings. The quantitative estimate of drug-likeness (QED) is 0.687. The van der Waals surface area contributed by atoms with Crippen LogP contribution >= 0.6 is 0 Å². The van der Waals surface area contributed by atoms with Gasteiger partial charge in [0.25, 0.3) is 5.91 Å². The van der Waals surface area contributed by atoms with Crippen LogP contribution in [0.1, 0.15) is 24.2 Å². The SMILES string of the molecule is COc1ccc(C(=O)NCC(=O)N(CC(=O)O)CC(C)C)cc1OC. The molecule has 0 aliphatic heterocycles. The second-order valence-electron chi connectivity index (χ2n) is 5.81. The third kappa shape index (κ3) is 6.33. The van der Waals surface area contributed by atoms with Crippen LogP contribution in [0.5, 0.6) is 11.5 Å². The molecular weight excluding hydrogens is 328 g/mol. The molecular formula is C17H24N2O6. The van der Waals surface area contributed by atoms with Crippen molar-refractivity contribution in [3.05, 3.63) is 23.8 Å². The van der Waals surface area contributed by atoms with Gasteiger partial charge in [0.05, 0.1) is 20.8 Å². The number of rotatable bonds is 9. The van der Waals surface area contributed by atoms with Crippen molar-refractivity contribution in [1.82, 2.24) is 10.2 Å². The van der Waals surface area contributed by atoms with Gasteiger partial charge < -0.3 is 24.8 Å². The second kappa shape index (κ2) is 9.51. The molecule has 0 saturated heterocycles. The summed E-state index contributed by atoms with van der Waals surface area (Å²) < 4.78 is 10.2. The van der Waals surface area contributed by atoms with Crippen molar-refractivity contribution >= 4 is 17.8 Å². The molecule has 0 aliphatic carbocycles. The predicted molar refractivity (Wildman–Crippen MR) is 90.9 cm³/mol. The minimum absolute atomic E-state index is 0.116. The van der Waals surface area contributed by atoms with Crippen molar-refractivity contribution in [3.63, 3.8) is 0 Å². The molecule has 138 valence electrons. The Morgan fingerprint density at radius 1 is 1.16 bits per heavy atom. The number of hydrogen-bond acceptors (Lipinski definition) is 5. The Morgan fingerprint density at radius 3 is 2.32 bits per heavy atom. The number of carbonyl (C=O) groups excluding carboxylic acids is 2. The topological polar surface area (TPSA) is 105 Å². The molecule has 2 N–H and O–H groups in total. The van der Waals surface area contributed by atoms with E-state index in [-0.39, 0.29) is 12.5 Å². The molecule has 8 heteroatoms. The van der Waals surface area contributed by atoms with Crippen molar-refractivity contribution in [2.24, 2.45) is 5.92 Å². The van der Waals surface area contributed by atoms with Crippen molar-refractivity contribution in [1.29, 1.82) is 0 Å². The average Bonchev–Trinajstić information content (AvgIpc) is 2.57. The lowest BCUT2D eigenvalue weighted by Gasteiger charge is -2.22. The summed E-state index contributed by atoms with van der Waals surface area (Å²) in [6.45, 7) is 3.38. The highest BCUT2D eigenvalue weighted by Gasteiger charge is 2.19. The van der Waals surface area contributed by atoms with Crippen LogP contribution < -0.4 is 14.8 Å². The lowest BCUT2D eigenvalue weighted by Crippen LogP contribution is -2.44. The highest BCUT2D eigenvalue weighted by molar-refractivity contribution is 5.97. The lowest BCUT2D eigenvalue weighted by atomic mass is 10.2. The molecule has 0 bridgehead atoms. The van der Waals surface area contributed by atoms with E-state index in [4.69, 9.17) is 14.6 Å². The molecule has 0 atom stereocenters. The Balaban J connectivity index is 2.73. The molecule has 0 spiro atoms.